The Bertz CT molecular complexity index is 659. The Labute approximate surface area is 135 Å². The number of amides is 1. The molecule has 2 aromatic rings. The molecule has 4 nitrogen and oxygen atoms in total. The summed E-state index contributed by atoms with van der Waals surface area (Å²) in [5.74, 6) is 0.307. The van der Waals surface area contributed by atoms with Crippen LogP contribution in [0.1, 0.15) is 31.7 Å². The van der Waals surface area contributed by atoms with Gasteiger partial charge >= 0.3 is 0 Å². The molecule has 1 aliphatic heterocycles. The van der Waals surface area contributed by atoms with E-state index < -0.39 is 0 Å². The van der Waals surface area contributed by atoms with Crippen LogP contribution >= 0.6 is 11.3 Å². The van der Waals surface area contributed by atoms with E-state index >= 15 is 0 Å². The van der Waals surface area contributed by atoms with E-state index in [4.69, 9.17) is 4.98 Å². The molecular formula is C17H23N3OS. The molecule has 0 aliphatic carbocycles. The Morgan fingerprint density at radius 3 is 2.77 bits per heavy atom. The van der Waals surface area contributed by atoms with Crippen LogP contribution in [0, 0.1) is 6.92 Å². The SMILES string of the molecule is CCCCC(=O)N1CCN(c2nc3ccc(C)cc3s2)CC1. The molecule has 0 N–H and O–H groups in total. The summed E-state index contributed by atoms with van der Waals surface area (Å²) in [6.07, 6.45) is 2.77. The number of hydrogen-bond acceptors (Lipinski definition) is 4. The van der Waals surface area contributed by atoms with Crippen molar-refractivity contribution in [3.63, 3.8) is 0 Å². The molecule has 2 heterocycles. The van der Waals surface area contributed by atoms with Gasteiger partial charge in [0.1, 0.15) is 0 Å². The number of carbonyl (C=O) groups is 1. The number of benzene rings is 1. The summed E-state index contributed by atoms with van der Waals surface area (Å²) in [7, 11) is 0. The summed E-state index contributed by atoms with van der Waals surface area (Å²) >= 11 is 1.75. The van der Waals surface area contributed by atoms with Gasteiger partial charge in [0.05, 0.1) is 10.2 Å². The third-order valence-electron chi connectivity index (χ3n) is 4.18. The van der Waals surface area contributed by atoms with Crippen LogP contribution in [-0.4, -0.2) is 42.0 Å². The summed E-state index contributed by atoms with van der Waals surface area (Å²) < 4.78 is 1.25. The number of aromatic nitrogens is 1. The molecule has 1 amide bonds. The minimum absolute atomic E-state index is 0.307. The summed E-state index contributed by atoms with van der Waals surface area (Å²) in [6, 6.07) is 6.40. The van der Waals surface area contributed by atoms with E-state index in [1.807, 2.05) is 4.90 Å². The number of anilines is 1. The quantitative estimate of drug-likeness (QED) is 0.866. The molecule has 1 fully saturated rings. The fourth-order valence-corrected chi connectivity index (χ4v) is 3.90. The first-order valence-corrected chi connectivity index (χ1v) is 8.89. The van der Waals surface area contributed by atoms with Crippen molar-refractivity contribution in [2.45, 2.75) is 33.1 Å². The van der Waals surface area contributed by atoms with Crippen molar-refractivity contribution in [3.05, 3.63) is 23.8 Å². The minimum Gasteiger partial charge on any atom is -0.345 e. The lowest BCUT2D eigenvalue weighted by atomic mass is 10.2. The van der Waals surface area contributed by atoms with Gasteiger partial charge < -0.3 is 9.80 Å². The predicted octanol–water partition coefficient (Wildman–Crippen LogP) is 3.44. The first-order chi connectivity index (χ1) is 10.7. The number of thiazole rings is 1. The zero-order valence-corrected chi connectivity index (χ0v) is 14.2. The highest BCUT2D eigenvalue weighted by molar-refractivity contribution is 7.22. The molecule has 1 aliphatic rings. The highest BCUT2D eigenvalue weighted by Crippen LogP contribution is 2.30. The van der Waals surface area contributed by atoms with Gasteiger partial charge in [-0.05, 0) is 31.0 Å². The maximum absolute atomic E-state index is 12.1. The standard InChI is InChI=1S/C17H23N3OS/c1-3-4-5-16(21)19-8-10-20(11-9-19)17-18-14-7-6-13(2)12-15(14)22-17/h6-7,12H,3-5,8-11H2,1-2H3. The van der Waals surface area contributed by atoms with Crippen molar-refractivity contribution in [3.8, 4) is 0 Å². The fraction of sp³-hybridized carbons (Fsp3) is 0.529. The van der Waals surface area contributed by atoms with Crippen molar-refractivity contribution in [1.82, 2.24) is 9.88 Å². The average molecular weight is 317 g/mol. The molecule has 3 rings (SSSR count). The van der Waals surface area contributed by atoms with Crippen molar-refractivity contribution in [2.24, 2.45) is 0 Å². The lowest BCUT2D eigenvalue weighted by Gasteiger charge is -2.34. The number of fused-ring (bicyclic) bond motifs is 1. The van der Waals surface area contributed by atoms with E-state index in [2.05, 4.69) is 36.9 Å². The molecule has 22 heavy (non-hydrogen) atoms. The molecule has 0 bridgehead atoms. The summed E-state index contributed by atoms with van der Waals surface area (Å²) in [6.45, 7) is 7.64. The minimum atomic E-state index is 0.307. The summed E-state index contributed by atoms with van der Waals surface area (Å²) in [5, 5.41) is 1.08. The number of hydrogen-bond donors (Lipinski definition) is 0. The van der Waals surface area contributed by atoms with Crippen LogP contribution in [0.4, 0.5) is 5.13 Å². The average Bonchev–Trinajstić information content (AvgIpc) is 2.95. The van der Waals surface area contributed by atoms with Crippen molar-refractivity contribution in [2.75, 3.05) is 31.1 Å². The zero-order chi connectivity index (χ0) is 15.5. The number of aryl methyl sites for hydroxylation is 1. The summed E-state index contributed by atoms with van der Waals surface area (Å²) in [4.78, 5) is 21.1. The topological polar surface area (TPSA) is 36.4 Å². The van der Waals surface area contributed by atoms with Crippen LogP contribution in [0.3, 0.4) is 0 Å². The second-order valence-corrected chi connectivity index (χ2v) is 6.95. The highest BCUT2D eigenvalue weighted by Gasteiger charge is 2.22. The molecule has 5 heteroatoms. The number of nitrogens with zero attached hydrogens (tertiary/aromatic N) is 3. The van der Waals surface area contributed by atoms with Gasteiger partial charge in [0, 0.05) is 32.6 Å². The van der Waals surface area contributed by atoms with Gasteiger partial charge in [0.2, 0.25) is 5.91 Å². The molecule has 0 saturated carbocycles. The van der Waals surface area contributed by atoms with Crippen LogP contribution in [-0.2, 0) is 4.79 Å². The van der Waals surface area contributed by atoms with Crippen molar-refractivity contribution in [1.29, 1.82) is 0 Å². The van der Waals surface area contributed by atoms with Crippen molar-refractivity contribution >= 4 is 32.6 Å². The summed E-state index contributed by atoms with van der Waals surface area (Å²) in [5.41, 5.74) is 2.35. The van der Waals surface area contributed by atoms with Gasteiger partial charge in [-0.3, -0.25) is 4.79 Å². The predicted molar refractivity (Wildman–Crippen MR) is 92.7 cm³/mol. The Balaban J connectivity index is 1.64. The highest BCUT2D eigenvalue weighted by atomic mass is 32.1. The molecule has 0 atom stereocenters. The van der Waals surface area contributed by atoms with Gasteiger partial charge in [-0.25, -0.2) is 4.98 Å². The molecule has 0 spiro atoms. The fourth-order valence-electron chi connectivity index (χ4n) is 2.79. The molecular weight excluding hydrogens is 294 g/mol. The molecule has 0 radical (unpaired) electrons. The lowest BCUT2D eigenvalue weighted by molar-refractivity contribution is -0.131. The third kappa shape index (κ3) is 3.24. The molecule has 118 valence electrons. The number of piperazine rings is 1. The molecule has 1 aromatic carbocycles. The van der Waals surface area contributed by atoms with Crippen LogP contribution in [0.15, 0.2) is 18.2 Å². The van der Waals surface area contributed by atoms with Gasteiger partial charge in [-0.15, -0.1) is 0 Å². The third-order valence-corrected chi connectivity index (χ3v) is 5.26. The monoisotopic (exact) mass is 317 g/mol. The number of unbranched alkanes of at least 4 members (excludes halogenated alkanes) is 1. The molecule has 1 aromatic heterocycles. The number of rotatable bonds is 4. The second kappa shape index (κ2) is 6.65. The Morgan fingerprint density at radius 1 is 1.27 bits per heavy atom. The van der Waals surface area contributed by atoms with E-state index in [9.17, 15) is 4.79 Å². The van der Waals surface area contributed by atoms with E-state index in [0.29, 0.717) is 12.3 Å². The van der Waals surface area contributed by atoms with Crippen LogP contribution in [0.5, 0.6) is 0 Å². The largest absolute Gasteiger partial charge is 0.345 e. The van der Waals surface area contributed by atoms with Crippen LogP contribution < -0.4 is 4.90 Å². The maximum Gasteiger partial charge on any atom is 0.222 e. The first-order valence-electron chi connectivity index (χ1n) is 8.07. The number of carbonyl (C=O) groups excluding carboxylic acids is 1. The molecule has 1 saturated heterocycles. The van der Waals surface area contributed by atoms with Gasteiger partial charge in [-0.1, -0.05) is 30.7 Å². The van der Waals surface area contributed by atoms with Crippen LogP contribution in [0.25, 0.3) is 10.2 Å². The van der Waals surface area contributed by atoms with Crippen molar-refractivity contribution < 1.29 is 4.79 Å². The lowest BCUT2D eigenvalue weighted by Crippen LogP contribution is -2.48. The second-order valence-electron chi connectivity index (χ2n) is 5.94. The first kappa shape index (κ1) is 15.3. The van der Waals surface area contributed by atoms with Crippen LogP contribution in [0.2, 0.25) is 0 Å². The van der Waals surface area contributed by atoms with Gasteiger partial charge in [-0.2, -0.15) is 0 Å². The van der Waals surface area contributed by atoms with E-state index in [0.717, 1.165) is 49.7 Å². The smallest absolute Gasteiger partial charge is 0.222 e. The van der Waals surface area contributed by atoms with Gasteiger partial charge in [0.15, 0.2) is 5.13 Å². The van der Waals surface area contributed by atoms with E-state index in [1.54, 1.807) is 11.3 Å². The molecule has 0 unspecified atom stereocenters. The maximum atomic E-state index is 12.1. The normalized spacial score (nSPS) is 15.5. The van der Waals surface area contributed by atoms with E-state index in [1.165, 1.54) is 10.3 Å². The van der Waals surface area contributed by atoms with E-state index in [-0.39, 0.29) is 0 Å². The Hall–Kier alpha value is -1.62. The zero-order valence-electron chi connectivity index (χ0n) is 13.3. The van der Waals surface area contributed by atoms with Gasteiger partial charge in [0.25, 0.3) is 0 Å². The Morgan fingerprint density at radius 2 is 2.05 bits per heavy atom. The Kier molecular flexibility index (Phi) is 4.62.